The summed E-state index contributed by atoms with van der Waals surface area (Å²) in [4.78, 5) is 10.9. The fraction of sp³-hybridized carbons (Fsp3) is 0. The second-order valence-corrected chi connectivity index (χ2v) is 13.4. The van der Waals surface area contributed by atoms with E-state index in [2.05, 4.69) is 6.07 Å². The lowest BCUT2D eigenvalue weighted by Crippen LogP contribution is -2.09. The van der Waals surface area contributed by atoms with Gasteiger partial charge in [-0.25, -0.2) is 9.97 Å². The van der Waals surface area contributed by atoms with Crippen LogP contribution in [0.4, 0.5) is 17.1 Å². The average Bonchev–Trinajstić information content (AvgIpc) is 3.80. The van der Waals surface area contributed by atoms with Crippen molar-refractivity contribution >= 4 is 60.8 Å². The van der Waals surface area contributed by atoms with Crippen LogP contribution in [0.25, 0.3) is 88.5 Å². The Morgan fingerprint density at radius 2 is 1.07 bits per heavy atom. The summed E-state index contributed by atoms with van der Waals surface area (Å²) in [7, 11) is 0. The molecule has 2 aromatic heterocycles. The Hall–Kier alpha value is -7.82. The number of aromatic nitrogens is 2. The number of anilines is 3. The number of para-hydroxylation sites is 4. The Bertz CT molecular complexity index is 4110. The minimum atomic E-state index is -0.926. The maximum absolute atomic E-state index is 9.56. The van der Waals surface area contributed by atoms with E-state index >= 15 is 0 Å². The fourth-order valence-corrected chi connectivity index (χ4v) is 7.21. The quantitative estimate of drug-likeness (QED) is 0.162. The molecule has 0 aliphatic carbocycles. The van der Waals surface area contributed by atoms with Crippen molar-refractivity contribution in [3.8, 4) is 44.8 Å². The first-order valence-electron chi connectivity index (χ1n) is 26.3. The van der Waals surface area contributed by atoms with E-state index in [0.29, 0.717) is 49.3 Å². The third kappa shape index (κ3) is 5.96. The van der Waals surface area contributed by atoms with Crippen molar-refractivity contribution in [2.75, 3.05) is 4.90 Å². The van der Waals surface area contributed by atoms with Crippen LogP contribution in [-0.4, -0.2) is 9.97 Å². The zero-order valence-corrected chi connectivity index (χ0v) is 30.2. The number of fused-ring (bicyclic) bond motifs is 5. The van der Waals surface area contributed by atoms with E-state index in [-0.39, 0.29) is 11.1 Å². The predicted molar refractivity (Wildman–Crippen MR) is 241 cm³/mol. The summed E-state index contributed by atoms with van der Waals surface area (Å²) in [5, 5.41) is 0.432. The lowest BCUT2D eigenvalue weighted by molar-refractivity contribution is 0.669. The molecule has 0 fully saturated rings. The number of rotatable bonds is 7. The molecule has 0 amide bonds. The van der Waals surface area contributed by atoms with E-state index in [9.17, 15) is 8.22 Å². The third-order valence-electron chi connectivity index (χ3n) is 9.86. The number of furan rings is 1. The first-order valence-corrected chi connectivity index (χ1v) is 18.3. The van der Waals surface area contributed by atoms with Gasteiger partial charge in [0, 0.05) is 39.0 Å². The van der Waals surface area contributed by atoms with Gasteiger partial charge < -0.3 is 9.32 Å². The van der Waals surface area contributed by atoms with E-state index in [1.165, 1.54) is 0 Å². The summed E-state index contributed by atoms with van der Waals surface area (Å²) in [6.45, 7) is 0. The summed E-state index contributed by atoms with van der Waals surface area (Å²) in [6, 6.07) is 23.1. The molecule has 58 heavy (non-hydrogen) atoms. The fourth-order valence-electron chi connectivity index (χ4n) is 7.21. The zero-order chi connectivity index (χ0) is 52.3. The number of nitrogens with zero attached hydrogens (tertiary/aromatic N) is 3. The molecule has 2 heterocycles. The third-order valence-corrected chi connectivity index (χ3v) is 9.86. The van der Waals surface area contributed by atoms with Gasteiger partial charge in [0.2, 0.25) is 0 Å². The van der Waals surface area contributed by atoms with Crippen LogP contribution in [0, 0.1) is 0 Å². The van der Waals surface area contributed by atoms with Crippen LogP contribution in [0.5, 0.6) is 0 Å². The molecule has 0 atom stereocenters. The molecular formula is C54H35N3O. The molecule has 0 aliphatic rings. The largest absolute Gasteiger partial charge is 0.456 e. The second kappa shape index (κ2) is 14.0. The van der Waals surface area contributed by atoms with Gasteiger partial charge in [-0.05, 0) is 112 Å². The minimum Gasteiger partial charge on any atom is -0.456 e. The SMILES string of the molecule is [2H]c1c([2H])c([2H])c(N(c2c([2H])c([2H])c([2H])c([2H])c2[2H])c2c([2H])c([2H])c3c([2H])c(-c4ccc5c(c4)oc4cccc(-c6nc7ccccc7nc6-c6cccc(-c7ccccc7)c6)c45)c([2H])c([2H])c3c2[2H])c([2H])c1[2H]. The standard InChI is InChI=1S/C54H35N3O/c1-4-14-36(15-5-1)37-16-12-17-42(33-37)53-54(56-49-24-11-10-23-48(49)55-53)47-22-13-25-50-52(47)46-31-29-41(35-51(46)58-50)38-26-27-40-34-45(30-28-39(40)32-38)57(43-18-6-2-7-19-43)44-20-8-3-9-21-44/h1-35H/i2D,3D,6D,7D,8D,9D,18D,19D,20D,21D,26D,27D,28D,30D,32D,34D. The van der Waals surface area contributed by atoms with Crippen LogP contribution in [-0.2, 0) is 0 Å². The molecule has 0 radical (unpaired) electrons. The lowest BCUT2D eigenvalue weighted by atomic mass is 9.96. The molecule has 11 aromatic rings. The highest BCUT2D eigenvalue weighted by atomic mass is 16.3. The van der Waals surface area contributed by atoms with Crippen LogP contribution >= 0.6 is 0 Å². The smallest absolute Gasteiger partial charge is 0.136 e. The van der Waals surface area contributed by atoms with Crippen LogP contribution in [0.1, 0.15) is 21.9 Å². The summed E-state index contributed by atoms with van der Waals surface area (Å²) < 4.78 is 149. The molecule has 0 saturated heterocycles. The summed E-state index contributed by atoms with van der Waals surface area (Å²) >= 11 is 0. The molecule has 272 valence electrons. The Morgan fingerprint density at radius 1 is 0.431 bits per heavy atom. The van der Waals surface area contributed by atoms with Crippen molar-refractivity contribution in [2.45, 2.75) is 0 Å². The van der Waals surface area contributed by atoms with Gasteiger partial charge in [-0.2, -0.15) is 0 Å². The molecule has 0 unspecified atom stereocenters. The first-order chi connectivity index (χ1) is 35.4. The van der Waals surface area contributed by atoms with Gasteiger partial charge in [0.1, 0.15) is 11.2 Å². The summed E-state index contributed by atoms with van der Waals surface area (Å²) in [5.74, 6) is 0. The van der Waals surface area contributed by atoms with Crippen molar-refractivity contribution in [2.24, 2.45) is 0 Å². The predicted octanol–water partition coefficient (Wildman–Crippen LogP) is 14.8. The highest BCUT2D eigenvalue weighted by Crippen LogP contribution is 2.42. The Kier molecular flexibility index (Phi) is 5.06. The molecule has 0 N–H and O–H groups in total. The molecule has 0 bridgehead atoms. The van der Waals surface area contributed by atoms with E-state index in [0.717, 1.165) is 22.3 Å². The van der Waals surface area contributed by atoms with Crippen LogP contribution < -0.4 is 4.90 Å². The van der Waals surface area contributed by atoms with Crippen molar-refractivity contribution in [3.05, 3.63) is 212 Å². The molecule has 9 aromatic carbocycles. The van der Waals surface area contributed by atoms with E-state index in [1.54, 1.807) is 24.3 Å². The van der Waals surface area contributed by atoms with Gasteiger partial charge in [0.25, 0.3) is 0 Å². The van der Waals surface area contributed by atoms with Crippen molar-refractivity contribution in [3.63, 3.8) is 0 Å². The van der Waals surface area contributed by atoms with Crippen LogP contribution in [0.2, 0.25) is 0 Å². The maximum Gasteiger partial charge on any atom is 0.136 e. The monoisotopic (exact) mass is 757 g/mol. The minimum absolute atomic E-state index is 0.140. The maximum atomic E-state index is 9.56. The van der Waals surface area contributed by atoms with Gasteiger partial charge >= 0.3 is 0 Å². The Morgan fingerprint density at radius 3 is 1.84 bits per heavy atom. The highest BCUT2D eigenvalue weighted by Gasteiger charge is 2.20. The van der Waals surface area contributed by atoms with E-state index in [1.807, 2.05) is 84.9 Å². The molecule has 4 nitrogen and oxygen atoms in total. The Labute approximate surface area is 358 Å². The number of benzene rings is 9. The van der Waals surface area contributed by atoms with Gasteiger partial charge in [-0.3, -0.25) is 0 Å². The lowest BCUT2D eigenvalue weighted by Gasteiger charge is -2.25. The van der Waals surface area contributed by atoms with Crippen molar-refractivity contribution in [1.29, 1.82) is 0 Å². The van der Waals surface area contributed by atoms with Crippen molar-refractivity contribution in [1.82, 2.24) is 9.97 Å². The Balaban J connectivity index is 1.11. The molecule has 4 heteroatoms. The van der Waals surface area contributed by atoms with Gasteiger partial charge in [0.05, 0.1) is 44.4 Å². The molecular weight excluding hydrogens is 707 g/mol. The zero-order valence-electron chi connectivity index (χ0n) is 46.2. The number of hydrogen-bond donors (Lipinski definition) is 0. The highest BCUT2D eigenvalue weighted by molar-refractivity contribution is 6.14. The average molecular weight is 758 g/mol. The first kappa shape index (κ1) is 20.9. The second-order valence-electron chi connectivity index (χ2n) is 13.4. The summed E-state index contributed by atoms with van der Waals surface area (Å²) in [5.41, 5.74) is 4.72. The van der Waals surface area contributed by atoms with E-state index < -0.39 is 125 Å². The van der Waals surface area contributed by atoms with Gasteiger partial charge in [0.15, 0.2) is 0 Å². The van der Waals surface area contributed by atoms with Gasteiger partial charge in [-0.15, -0.1) is 0 Å². The normalized spacial score (nSPS) is 15.3. The molecule has 0 aliphatic heterocycles. The summed E-state index contributed by atoms with van der Waals surface area (Å²) in [6.07, 6.45) is 0. The van der Waals surface area contributed by atoms with Crippen LogP contribution in [0.3, 0.4) is 0 Å². The number of hydrogen-bond acceptors (Lipinski definition) is 4. The molecule has 11 rings (SSSR count). The molecule has 0 spiro atoms. The molecule has 0 saturated carbocycles. The van der Waals surface area contributed by atoms with Gasteiger partial charge in [-0.1, -0.05) is 133 Å². The topological polar surface area (TPSA) is 42.2 Å². The van der Waals surface area contributed by atoms with Crippen molar-refractivity contribution < 1.29 is 26.3 Å². The van der Waals surface area contributed by atoms with E-state index in [4.69, 9.17) is 28.1 Å². The van der Waals surface area contributed by atoms with Crippen LogP contribution in [0.15, 0.2) is 216 Å².